The lowest BCUT2D eigenvalue weighted by molar-refractivity contribution is -0.133. The Morgan fingerprint density at radius 1 is 1.03 bits per heavy atom. The second-order valence-corrected chi connectivity index (χ2v) is 7.18. The molecular formula is C21H23FN6O2. The Labute approximate surface area is 173 Å². The van der Waals surface area contributed by atoms with Crippen LogP contribution >= 0.6 is 0 Å². The highest BCUT2D eigenvalue weighted by atomic mass is 19.1. The number of nitrogens with zero attached hydrogens (tertiary/aromatic N) is 6. The Hall–Kier alpha value is -3.49. The zero-order valence-corrected chi connectivity index (χ0v) is 17.0. The molecule has 9 heteroatoms. The summed E-state index contributed by atoms with van der Waals surface area (Å²) in [5.74, 6) is 1.57. The summed E-state index contributed by atoms with van der Waals surface area (Å²) < 4.78 is 20.2. The van der Waals surface area contributed by atoms with Crippen LogP contribution in [-0.2, 0) is 4.79 Å². The maximum absolute atomic E-state index is 12.9. The van der Waals surface area contributed by atoms with Gasteiger partial charge in [0.15, 0.2) is 12.4 Å². The monoisotopic (exact) mass is 410 g/mol. The fourth-order valence-corrected chi connectivity index (χ4v) is 3.44. The second kappa shape index (κ2) is 8.48. The number of hydrogen-bond donors (Lipinski definition) is 0. The van der Waals surface area contributed by atoms with E-state index in [1.54, 1.807) is 9.58 Å². The van der Waals surface area contributed by atoms with Crippen LogP contribution < -0.4 is 9.64 Å². The number of anilines is 1. The molecule has 0 atom stereocenters. The first-order chi connectivity index (χ1) is 14.5. The lowest BCUT2D eigenvalue weighted by Gasteiger charge is -2.35. The molecule has 4 rings (SSSR count). The highest BCUT2D eigenvalue weighted by molar-refractivity contribution is 5.78. The van der Waals surface area contributed by atoms with E-state index in [2.05, 4.69) is 20.0 Å². The van der Waals surface area contributed by atoms with Gasteiger partial charge in [-0.1, -0.05) is 0 Å². The van der Waals surface area contributed by atoms with Gasteiger partial charge in [0.25, 0.3) is 5.91 Å². The van der Waals surface area contributed by atoms with Gasteiger partial charge in [-0.3, -0.25) is 4.79 Å². The number of rotatable bonds is 5. The van der Waals surface area contributed by atoms with E-state index in [0.29, 0.717) is 31.9 Å². The first kappa shape index (κ1) is 19.8. The number of piperazine rings is 1. The first-order valence-corrected chi connectivity index (χ1v) is 9.76. The van der Waals surface area contributed by atoms with E-state index in [-0.39, 0.29) is 18.3 Å². The van der Waals surface area contributed by atoms with Crippen LogP contribution in [-0.4, -0.2) is 63.3 Å². The van der Waals surface area contributed by atoms with E-state index in [1.807, 2.05) is 26.0 Å². The van der Waals surface area contributed by atoms with Gasteiger partial charge < -0.3 is 14.5 Å². The molecule has 0 N–H and O–H groups in total. The van der Waals surface area contributed by atoms with E-state index in [9.17, 15) is 9.18 Å². The molecule has 1 aromatic carbocycles. The lowest BCUT2D eigenvalue weighted by Crippen LogP contribution is -2.50. The van der Waals surface area contributed by atoms with Crippen LogP contribution in [0.1, 0.15) is 11.4 Å². The summed E-state index contributed by atoms with van der Waals surface area (Å²) in [6.07, 6.45) is 1.54. The zero-order valence-electron chi connectivity index (χ0n) is 17.0. The maximum Gasteiger partial charge on any atom is 0.260 e. The first-order valence-electron chi connectivity index (χ1n) is 9.76. The molecule has 3 heterocycles. The van der Waals surface area contributed by atoms with E-state index >= 15 is 0 Å². The van der Waals surface area contributed by atoms with Gasteiger partial charge in [0.1, 0.15) is 23.7 Å². The summed E-state index contributed by atoms with van der Waals surface area (Å²) >= 11 is 0. The average molecular weight is 410 g/mol. The molecule has 1 aliphatic heterocycles. The number of halogens is 1. The molecule has 0 saturated carbocycles. The SMILES string of the molecule is Cc1cc(C)n(-c2cc(N3CCN(C(=O)COc4ccc(F)cc4)CC3)ncn2)n1. The molecule has 0 radical (unpaired) electrons. The van der Waals surface area contributed by atoms with Gasteiger partial charge in [-0.05, 0) is 44.2 Å². The van der Waals surface area contributed by atoms with Gasteiger partial charge in [-0.2, -0.15) is 5.10 Å². The van der Waals surface area contributed by atoms with Crippen LogP contribution in [0, 0.1) is 19.7 Å². The molecular weight excluding hydrogens is 387 g/mol. The molecule has 30 heavy (non-hydrogen) atoms. The molecule has 156 valence electrons. The second-order valence-electron chi connectivity index (χ2n) is 7.18. The van der Waals surface area contributed by atoms with E-state index in [4.69, 9.17) is 4.74 Å². The van der Waals surface area contributed by atoms with E-state index < -0.39 is 0 Å². The van der Waals surface area contributed by atoms with Crippen LogP contribution in [0.25, 0.3) is 5.82 Å². The van der Waals surface area contributed by atoms with Crippen molar-refractivity contribution < 1.29 is 13.9 Å². The summed E-state index contributed by atoms with van der Waals surface area (Å²) in [5.41, 5.74) is 1.94. The van der Waals surface area contributed by atoms with Crippen molar-refractivity contribution in [2.24, 2.45) is 0 Å². The van der Waals surface area contributed by atoms with Gasteiger partial charge >= 0.3 is 0 Å². The third kappa shape index (κ3) is 4.40. The summed E-state index contributed by atoms with van der Waals surface area (Å²) in [5, 5.41) is 4.47. The molecule has 0 aliphatic carbocycles. The topological polar surface area (TPSA) is 76.4 Å². The highest BCUT2D eigenvalue weighted by Crippen LogP contribution is 2.18. The Morgan fingerprint density at radius 3 is 2.40 bits per heavy atom. The standard InChI is InChI=1S/C21H23FN6O2/c1-15-11-16(2)28(25-15)20-12-19(23-14-24-20)26-7-9-27(10-8-26)21(29)13-30-18-5-3-17(22)4-6-18/h3-6,11-12,14H,7-10,13H2,1-2H3. The summed E-state index contributed by atoms with van der Waals surface area (Å²) in [7, 11) is 0. The molecule has 3 aromatic rings. The molecule has 0 bridgehead atoms. The van der Waals surface area contributed by atoms with Crippen LogP contribution in [0.5, 0.6) is 5.75 Å². The summed E-state index contributed by atoms with van der Waals surface area (Å²) in [6.45, 7) is 6.34. The third-order valence-corrected chi connectivity index (χ3v) is 5.00. The molecule has 1 aliphatic rings. The zero-order chi connectivity index (χ0) is 21.1. The van der Waals surface area contributed by atoms with Gasteiger partial charge in [-0.15, -0.1) is 0 Å². The van der Waals surface area contributed by atoms with Crippen molar-refractivity contribution >= 4 is 11.7 Å². The normalized spacial score (nSPS) is 14.1. The van der Waals surface area contributed by atoms with Gasteiger partial charge in [-0.25, -0.2) is 19.0 Å². The number of hydrogen-bond acceptors (Lipinski definition) is 6. The maximum atomic E-state index is 12.9. The Bertz CT molecular complexity index is 1030. The van der Waals surface area contributed by atoms with E-state index in [0.717, 1.165) is 23.0 Å². The van der Waals surface area contributed by atoms with Crippen molar-refractivity contribution in [3.05, 3.63) is 59.9 Å². The predicted molar refractivity (Wildman–Crippen MR) is 109 cm³/mol. The quantitative estimate of drug-likeness (QED) is 0.642. The minimum absolute atomic E-state index is 0.0682. The number of carbonyl (C=O) groups excluding carboxylic acids is 1. The molecule has 0 spiro atoms. The van der Waals surface area contributed by atoms with Crippen LogP contribution in [0.2, 0.25) is 0 Å². The van der Waals surface area contributed by atoms with Crippen molar-refractivity contribution in [1.29, 1.82) is 0 Å². The van der Waals surface area contributed by atoms with Crippen molar-refractivity contribution in [2.45, 2.75) is 13.8 Å². The third-order valence-electron chi connectivity index (χ3n) is 5.00. The Balaban J connectivity index is 1.34. The predicted octanol–water partition coefficient (Wildman–Crippen LogP) is 2.15. The molecule has 0 unspecified atom stereocenters. The van der Waals surface area contributed by atoms with Gasteiger partial charge in [0, 0.05) is 37.9 Å². The fourth-order valence-electron chi connectivity index (χ4n) is 3.44. The van der Waals surface area contributed by atoms with Crippen LogP contribution in [0.4, 0.5) is 10.2 Å². The average Bonchev–Trinajstić information content (AvgIpc) is 3.11. The minimum atomic E-state index is -0.337. The number of aryl methyl sites for hydroxylation is 2. The fraction of sp³-hybridized carbons (Fsp3) is 0.333. The number of carbonyl (C=O) groups is 1. The van der Waals surface area contributed by atoms with Crippen molar-refractivity contribution in [3.8, 4) is 11.6 Å². The minimum Gasteiger partial charge on any atom is -0.484 e. The van der Waals surface area contributed by atoms with Crippen molar-refractivity contribution in [3.63, 3.8) is 0 Å². The van der Waals surface area contributed by atoms with Crippen molar-refractivity contribution in [1.82, 2.24) is 24.6 Å². The molecule has 1 saturated heterocycles. The molecule has 1 fully saturated rings. The number of ether oxygens (including phenoxy) is 1. The smallest absolute Gasteiger partial charge is 0.260 e. The number of amides is 1. The largest absolute Gasteiger partial charge is 0.484 e. The lowest BCUT2D eigenvalue weighted by atomic mass is 10.3. The van der Waals surface area contributed by atoms with Crippen molar-refractivity contribution in [2.75, 3.05) is 37.7 Å². The van der Waals surface area contributed by atoms with Crippen LogP contribution in [0.15, 0.2) is 42.7 Å². The molecule has 8 nitrogen and oxygen atoms in total. The summed E-state index contributed by atoms with van der Waals surface area (Å²) in [4.78, 5) is 25.1. The Morgan fingerprint density at radius 2 is 1.73 bits per heavy atom. The number of benzene rings is 1. The number of aromatic nitrogens is 4. The van der Waals surface area contributed by atoms with Crippen LogP contribution in [0.3, 0.4) is 0 Å². The highest BCUT2D eigenvalue weighted by Gasteiger charge is 2.23. The van der Waals surface area contributed by atoms with E-state index in [1.165, 1.54) is 30.6 Å². The molecule has 1 amide bonds. The summed E-state index contributed by atoms with van der Waals surface area (Å²) in [6, 6.07) is 9.54. The molecule has 2 aromatic heterocycles. The Kier molecular flexibility index (Phi) is 5.60. The van der Waals surface area contributed by atoms with Gasteiger partial charge in [0.2, 0.25) is 0 Å². The van der Waals surface area contributed by atoms with Gasteiger partial charge in [0.05, 0.1) is 5.69 Å².